The van der Waals surface area contributed by atoms with E-state index >= 15 is 0 Å². The predicted molar refractivity (Wildman–Crippen MR) is 66.1 cm³/mol. The Balaban J connectivity index is 2.68. The average Bonchev–Trinajstić information content (AvgIpc) is 2.33. The van der Waals surface area contributed by atoms with Crippen molar-refractivity contribution in [3.05, 3.63) is 11.8 Å². The van der Waals surface area contributed by atoms with Crippen LogP contribution >= 0.6 is 0 Å². The summed E-state index contributed by atoms with van der Waals surface area (Å²) >= 11 is 0. The largest absolute Gasteiger partial charge is 0.390 e. The number of hydrogen-bond donors (Lipinski definition) is 3. The van der Waals surface area contributed by atoms with E-state index in [1.165, 1.54) is 0 Å². The minimum Gasteiger partial charge on any atom is -0.390 e. The van der Waals surface area contributed by atoms with Gasteiger partial charge in [-0.1, -0.05) is 6.92 Å². The van der Waals surface area contributed by atoms with Crippen molar-refractivity contribution in [3.8, 4) is 0 Å². The van der Waals surface area contributed by atoms with E-state index in [0.717, 1.165) is 13.0 Å². The zero-order valence-corrected chi connectivity index (χ0v) is 10.5. The van der Waals surface area contributed by atoms with Crippen molar-refractivity contribution in [2.24, 2.45) is 0 Å². The molecular weight excluding hydrogens is 242 g/mol. The van der Waals surface area contributed by atoms with Crippen LogP contribution in [0, 0.1) is 6.92 Å². The number of halogens is 2. The molecule has 1 aromatic heterocycles. The third-order valence-electron chi connectivity index (χ3n) is 2.15. The summed E-state index contributed by atoms with van der Waals surface area (Å²) in [6.07, 6.45) is 0.919. The van der Waals surface area contributed by atoms with Gasteiger partial charge in [-0.05, 0) is 13.3 Å². The molecule has 5 nitrogen and oxygen atoms in total. The Morgan fingerprint density at radius 2 is 2.06 bits per heavy atom. The van der Waals surface area contributed by atoms with Gasteiger partial charge in [0.1, 0.15) is 12.4 Å². The van der Waals surface area contributed by atoms with Crippen LogP contribution in [0.15, 0.2) is 6.07 Å². The maximum Gasteiger partial charge on any atom is 0.287 e. The Morgan fingerprint density at radius 3 is 2.67 bits per heavy atom. The van der Waals surface area contributed by atoms with Gasteiger partial charge in [0, 0.05) is 18.3 Å². The molecule has 0 spiro atoms. The molecule has 0 aliphatic heterocycles. The quantitative estimate of drug-likeness (QED) is 0.695. The van der Waals surface area contributed by atoms with Crippen LogP contribution in [0.5, 0.6) is 0 Å². The minimum atomic E-state index is -3.16. The Labute approximate surface area is 105 Å². The van der Waals surface area contributed by atoms with Crippen LogP contribution in [-0.2, 0) is 0 Å². The van der Waals surface area contributed by atoms with Crippen LogP contribution in [-0.4, -0.2) is 40.7 Å². The van der Waals surface area contributed by atoms with Crippen LogP contribution in [0.25, 0.3) is 0 Å². The van der Waals surface area contributed by atoms with E-state index in [0.29, 0.717) is 17.5 Å². The number of aliphatic hydroxyl groups is 1. The summed E-state index contributed by atoms with van der Waals surface area (Å²) in [4.78, 5) is 8.20. The predicted octanol–water partition coefficient (Wildman–Crippen LogP) is 1.65. The molecule has 0 radical (unpaired) electrons. The van der Waals surface area contributed by atoms with Gasteiger partial charge < -0.3 is 15.7 Å². The van der Waals surface area contributed by atoms with E-state index in [1.54, 1.807) is 13.0 Å². The second-order valence-corrected chi connectivity index (χ2v) is 4.01. The van der Waals surface area contributed by atoms with E-state index in [4.69, 9.17) is 5.11 Å². The van der Waals surface area contributed by atoms with Crippen LogP contribution < -0.4 is 10.6 Å². The van der Waals surface area contributed by atoms with Gasteiger partial charge in [-0.2, -0.15) is 4.98 Å². The summed E-state index contributed by atoms with van der Waals surface area (Å²) in [6, 6.07) is 1.57. The summed E-state index contributed by atoms with van der Waals surface area (Å²) in [5.74, 6) is -2.43. The van der Waals surface area contributed by atoms with Crippen LogP contribution in [0.1, 0.15) is 19.0 Å². The summed E-state index contributed by atoms with van der Waals surface area (Å²) in [5.41, 5.74) is 0.679. The Bertz CT molecular complexity index is 387. The van der Waals surface area contributed by atoms with E-state index in [2.05, 4.69) is 20.6 Å². The smallest absolute Gasteiger partial charge is 0.287 e. The normalized spacial score (nSPS) is 11.4. The van der Waals surface area contributed by atoms with Crippen molar-refractivity contribution in [1.82, 2.24) is 9.97 Å². The van der Waals surface area contributed by atoms with Crippen LogP contribution in [0.4, 0.5) is 20.5 Å². The summed E-state index contributed by atoms with van der Waals surface area (Å²) in [6.45, 7) is 2.63. The first kappa shape index (κ1) is 14.6. The van der Waals surface area contributed by atoms with E-state index in [-0.39, 0.29) is 0 Å². The average molecular weight is 260 g/mol. The van der Waals surface area contributed by atoms with Crippen molar-refractivity contribution in [2.45, 2.75) is 26.2 Å². The first-order chi connectivity index (χ1) is 8.46. The number of aromatic nitrogens is 2. The Kier molecular flexibility index (Phi) is 5.21. The summed E-state index contributed by atoms with van der Waals surface area (Å²) in [5, 5.41) is 13.9. The molecule has 102 valence electrons. The minimum absolute atomic E-state index is 0.314. The van der Waals surface area contributed by atoms with Gasteiger partial charge in [-0.15, -0.1) is 0 Å². The maximum atomic E-state index is 12.9. The number of alkyl halides is 2. The van der Waals surface area contributed by atoms with E-state index in [9.17, 15) is 8.78 Å². The van der Waals surface area contributed by atoms with Crippen LogP contribution in [0.2, 0.25) is 0 Å². The van der Waals surface area contributed by atoms with Crippen molar-refractivity contribution in [2.75, 3.05) is 30.3 Å². The maximum absolute atomic E-state index is 12.9. The molecule has 0 saturated heterocycles. The van der Waals surface area contributed by atoms with Gasteiger partial charge in [0.25, 0.3) is 5.92 Å². The highest BCUT2D eigenvalue weighted by Gasteiger charge is 2.27. The van der Waals surface area contributed by atoms with Gasteiger partial charge in [-0.3, -0.25) is 0 Å². The highest BCUT2D eigenvalue weighted by Crippen LogP contribution is 2.15. The highest BCUT2D eigenvalue weighted by molar-refractivity contribution is 5.42. The molecule has 1 aromatic rings. The number of nitrogens with zero attached hydrogens (tertiary/aromatic N) is 2. The molecule has 0 atom stereocenters. The fraction of sp³-hybridized carbons (Fsp3) is 0.636. The number of aryl methyl sites for hydroxylation is 1. The summed E-state index contributed by atoms with van der Waals surface area (Å²) in [7, 11) is 0. The lowest BCUT2D eigenvalue weighted by Gasteiger charge is -2.15. The molecule has 0 aliphatic carbocycles. The molecule has 0 bridgehead atoms. The molecule has 7 heteroatoms. The van der Waals surface area contributed by atoms with Gasteiger partial charge in [-0.25, -0.2) is 13.8 Å². The van der Waals surface area contributed by atoms with Crippen molar-refractivity contribution >= 4 is 11.8 Å². The SMILES string of the molecule is CCCNc1nc(C)cc(NCC(F)(F)CO)n1. The highest BCUT2D eigenvalue weighted by atomic mass is 19.3. The number of nitrogens with one attached hydrogen (secondary N) is 2. The fourth-order valence-corrected chi connectivity index (χ4v) is 1.25. The second-order valence-electron chi connectivity index (χ2n) is 4.01. The topological polar surface area (TPSA) is 70.1 Å². The Hall–Kier alpha value is -1.50. The third-order valence-corrected chi connectivity index (χ3v) is 2.15. The number of anilines is 2. The molecule has 3 N–H and O–H groups in total. The second kappa shape index (κ2) is 6.44. The van der Waals surface area contributed by atoms with Gasteiger partial charge >= 0.3 is 0 Å². The monoisotopic (exact) mass is 260 g/mol. The fourth-order valence-electron chi connectivity index (χ4n) is 1.25. The Morgan fingerprint density at radius 1 is 1.33 bits per heavy atom. The molecule has 0 fully saturated rings. The lowest BCUT2D eigenvalue weighted by atomic mass is 10.3. The standard InChI is InChI=1S/C11H18F2N4O/c1-3-4-14-10-16-8(2)5-9(17-10)15-6-11(12,13)7-18/h5,18H,3-4,6-7H2,1-2H3,(H2,14,15,16,17). The van der Waals surface area contributed by atoms with Crippen molar-refractivity contribution in [3.63, 3.8) is 0 Å². The number of rotatable bonds is 7. The first-order valence-corrected chi connectivity index (χ1v) is 5.79. The molecule has 1 rings (SSSR count). The lowest BCUT2D eigenvalue weighted by Crippen LogP contribution is -2.31. The van der Waals surface area contributed by atoms with Crippen molar-refractivity contribution < 1.29 is 13.9 Å². The molecule has 0 aromatic carbocycles. The molecular formula is C11H18F2N4O. The number of aliphatic hydroxyl groups excluding tert-OH is 1. The molecule has 0 saturated carbocycles. The number of hydrogen-bond acceptors (Lipinski definition) is 5. The summed E-state index contributed by atoms with van der Waals surface area (Å²) < 4.78 is 25.7. The van der Waals surface area contributed by atoms with Crippen LogP contribution in [0.3, 0.4) is 0 Å². The van der Waals surface area contributed by atoms with Gasteiger partial charge in [0.05, 0.1) is 6.54 Å². The van der Waals surface area contributed by atoms with Crippen molar-refractivity contribution in [1.29, 1.82) is 0 Å². The zero-order valence-electron chi connectivity index (χ0n) is 10.5. The van der Waals surface area contributed by atoms with E-state index in [1.807, 2.05) is 6.92 Å². The van der Waals surface area contributed by atoms with Gasteiger partial charge in [0.15, 0.2) is 0 Å². The molecule has 1 heterocycles. The first-order valence-electron chi connectivity index (χ1n) is 5.79. The lowest BCUT2D eigenvalue weighted by molar-refractivity contribution is -0.0373. The zero-order chi connectivity index (χ0) is 13.6. The van der Waals surface area contributed by atoms with Gasteiger partial charge in [0.2, 0.25) is 5.95 Å². The molecule has 18 heavy (non-hydrogen) atoms. The third kappa shape index (κ3) is 4.79. The molecule has 0 unspecified atom stereocenters. The molecule has 0 amide bonds. The molecule has 0 aliphatic rings. The van der Waals surface area contributed by atoms with E-state index < -0.39 is 19.1 Å².